The van der Waals surface area contributed by atoms with Crippen LogP contribution < -0.4 is 0 Å². The standard InChI is InChI=1S/C13H22Si/c1-3-13(2,11-14)10-9-12-7-5-4-6-8-12/h4-8H,3,9-11H2,1-2,14H3. The first kappa shape index (κ1) is 11.5. The summed E-state index contributed by atoms with van der Waals surface area (Å²) in [5.74, 6) is 0. The maximum Gasteiger partial charge on any atom is 0.00348 e. The van der Waals surface area contributed by atoms with Gasteiger partial charge in [-0.2, -0.15) is 0 Å². The molecule has 0 amide bonds. The zero-order chi connectivity index (χ0) is 10.4. The average molecular weight is 206 g/mol. The number of aryl methyl sites for hydroxylation is 1. The van der Waals surface area contributed by atoms with Gasteiger partial charge in [0.1, 0.15) is 0 Å². The Labute approximate surface area is 91.2 Å². The molecule has 0 spiro atoms. The smallest absolute Gasteiger partial charge is 0.00348 e. The molecule has 78 valence electrons. The molecule has 1 rings (SSSR count). The van der Waals surface area contributed by atoms with Gasteiger partial charge in [0, 0.05) is 10.2 Å². The lowest BCUT2D eigenvalue weighted by molar-refractivity contribution is 0.323. The van der Waals surface area contributed by atoms with Crippen molar-refractivity contribution in [1.82, 2.24) is 0 Å². The number of rotatable bonds is 5. The SMILES string of the molecule is CCC(C)(C[SiH3])CCc1ccccc1. The van der Waals surface area contributed by atoms with Crippen molar-refractivity contribution in [2.24, 2.45) is 5.41 Å². The minimum atomic E-state index is 0.599. The van der Waals surface area contributed by atoms with Crippen LogP contribution >= 0.6 is 0 Å². The van der Waals surface area contributed by atoms with Crippen LogP contribution in [-0.4, -0.2) is 10.2 Å². The van der Waals surface area contributed by atoms with Crippen LogP contribution in [0.3, 0.4) is 0 Å². The van der Waals surface area contributed by atoms with Crippen LogP contribution in [0, 0.1) is 5.41 Å². The van der Waals surface area contributed by atoms with E-state index in [0.717, 1.165) is 0 Å². The third-order valence-corrected chi connectivity index (χ3v) is 5.27. The first-order valence-electron chi connectivity index (χ1n) is 5.74. The molecule has 1 aromatic carbocycles. The molecule has 0 aliphatic heterocycles. The maximum atomic E-state index is 2.43. The lowest BCUT2D eigenvalue weighted by Crippen LogP contribution is -2.15. The Morgan fingerprint density at radius 2 is 1.86 bits per heavy atom. The molecule has 0 nitrogen and oxygen atoms in total. The first-order chi connectivity index (χ1) is 6.70. The van der Waals surface area contributed by atoms with E-state index in [1.165, 1.54) is 41.1 Å². The van der Waals surface area contributed by atoms with Crippen LogP contribution in [0.15, 0.2) is 30.3 Å². The summed E-state index contributed by atoms with van der Waals surface area (Å²) in [4.78, 5) is 0. The predicted octanol–water partition coefficient (Wildman–Crippen LogP) is 2.82. The zero-order valence-corrected chi connectivity index (χ0v) is 11.7. The first-order valence-corrected chi connectivity index (χ1v) is 7.15. The molecule has 0 N–H and O–H groups in total. The highest BCUT2D eigenvalue weighted by Crippen LogP contribution is 2.30. The summed E-state index contributed by atoms with van der Waals surface area (Å²) < 4.78 is 0. The molecule has 0 aromatic heterocycles. The fourth-order valence-corrected chi connectivity index (χ4v) is 2.55. The van der Waals surface area contributed by atoms with E-state index in [1.807, 2.05) is 0 Å². The van der Waals surface area contributed by atoms with Crippen LogP contribution in [0.2, 0.25) is 6.04 Å². The minimum absolute atomic E-state index is 0.599. The summed E-state index contributed by atoms with van der Waals surface area (Å²) in [6.07, 6.45) is 3.91. The third kappa shape index (κ3) is 3.30. The van der Waals surface area contributed by atoms with Gasteiger partial charge in [-0.15, -0.1) is 0 Å². The van der Waals surface area contributed by atoms with Crippen LogP contribution in [0.4, 0.5) is 0 Å². The van der Waals surface area contributed by atoms with Gasteiger partial charge in [-0.25, -0.2) is 0 Å². The van der Waals surface area contributed by atoms with Crippen LogP contribution in [-0.2, 0) is 6.42 Å². The van der Waals surface area contributed by atoms with E-state index >= 15 is 0 Å². The summed E-state index contributed by atoms with van der Waals surface area (Å²) in [6, 6.07) is 12.3. The number of benzene rings is 1. The van der Waals surface area contributed by atoms with Gasteiger partial charge >= 0.3 is 0 Å². The van der Waals surface area contributed by atoms with Gasteiger partial charge in [0.25, 0.3) is 0 Å². The van der Waals surface area contributed by atoms with Crippen molar-refractivity contribution in [3.8, 4) is 0 Å². The molecule has 14 heavy (non-hydrogen) atoms. The molecule has 0 fully saturated rings. The van der Waals surface area contributed by atoms with Crippen molar-refractivity contribution in [2.75, 3.05) is 0 Å². The Hall–Kier alpha value is -0.563. The van der Waals surface area contributed by atoms with E-state index in [0.29, 0.717) is 5.41 Å². The van der Waals surface area contributed by atoms with Gasteiger partial charge < -0.3 is 0 Å². The molecule has 0 aliphatic carbocycles. The van der Waals surface area contributed by atoms with Crippen molar-refractivity contribution >= 4 is 10.2 Å². The van der Waals surface area contributed by atoms with Gasteiger partial charge in [-0.05, 0) is 23.8 Å². The summed E-state index contributed by atoms with van der Waals surface area (Å²) in [7, 11) is 1.33. The second-order valence-corrected chi connectivity index (χ2v) is 5.21. The van der Waals surface area contributed by atoms with Crippen molar-refractivity contribution in [3.05, 3.63) is 35.9 Å². The van der Waals surface area contributed by atoms with E-state index in [2.05, 4.69) is 44.2 Å². The molecular weight excluding hydrogens is 184 g/mol. The Bertz CT molecular complexity index is 249. The van der Waals surface area contributed by atoms with E-state index in [-0.39, 0.29) is 0 Å². The Morgan fingerprint density at radius 1 is 1.21 bits per heavy atom. The van der Waals surface area contributed by atoms with Crippen LogP contribution in [0.1, 0.15) is 32.3 Å². The van der Waals surface area contributed by atoms with Crippen molar-refractivity contribution in [3.63, 3.8) is 0 Å². The van der Waals surface area contributed by atoms with Gasteiger partial charge in [0.05, 0.1) is 0 Å². The van der Waals surface area contributed by atoms with E-state index in [1.54, 1.807) is 0 Å². The highest BCUT2D eigenvalue weighted by Gasteiger charge is 2.18. The topological polar surface area (TPSA) is 0 Å². The van der Waals surface area contributed by atoms with Crippen molar-refractivity contribution < 1.29 is 0 Å². The van der Waals surface area contributed by atoms with Crippen molar-refractivity contribution in [2.45, 2.75) is 39.2 Å². The zero-order valence-electron chi connectivity index (χ0n) is 9.72. The van der Waals surface area contributed by atoms with E-state index in [9.17, 15) is 0 Å². The van der Waals surface area contributed by atoms with Crippen LogP contribution in [0.5, 0.6) is 0 Å². The quantitative estimate of drug-likeness (QED) is 0.650. The number of hydrogen-bond donors (Lipinski definition) is 0. The molecular formula is C13H22Si. The van der Waals surface area contributed by atoms with Gasteiger partial charge in [0.15, 0.2) is 0 Å². The Kier molecular flexibility index (Phi) is 4.40. The fourth-order valence-electron chi connectivity index (χ4n) is 1.69. The maximum absolute atomic E-state index is 2.43. The summed E-state index contributed by atoms with van der Waals surface area (Å²) in [6.45, 7) is 4.76. The molecule has 0 saturated carbocycles. The lowest BCUT2D eigenvalue weighted by Gasteiger charge is -2.26. The van der Waals surface area contributed by atoms with Gasteiger partial charge in [-0.1, -0.05) is 56.6 Å². The minimum Gasteiger partial charge on any atom is -0.0649 e. The molecule has 0 saturated heterocycles. The fraction of sp³-hybridized carbons (Fsp3) is 0.538. The normalized spacial score (nSPS) is 15.3. The molecule has 1 heteroatoms. The largest absolute Gasteiger partial charge is 0.0649 e. The summed E-state index contributed by atoms with van der Waals surface area (Å²) >= 11 is 0. The molecule has 1 unspecified atom stereocenters. The monoisotopic (exact) mass is 206 g/mol. The van der Waals surface area contributed by atoms with Crippen molar-refractivity contribution in [1.29, 1.82) is 0 Å². The predicted molar refractivity (Wildman–Crippen MR) is 67.9 cm³/mol. The van der Waals surface area contributed by atoms with Crippen LogP contribution in [0.25, 0.3) is 0 Å². The molecule has 1 atom stereocenters. The third-order valence-electron chi connectivity index (χ3n) is 3.57. The molecule has 1 aromatic rings. The molecule has 0 bridgehead atoms. The summed E-state index contributed by atoms with van der Waals surface area (Å²) in [5, 5.41) is 0. The molecule has 0 aliphatic rings. The second kappa shape index (κ2) is 5.35. The molecule has 0 radical (unpaired) electrons. The Morgan fingerprint density at radius 3 is 2.36 bits per heavy atom. The van der Waals surface area contributed by atoms with E-state index in [4.69, 9.17) is 0 Å². The highest BCUT2D eigenvalue weighted by molar-refractivity contribution is 6.08. The molecule has 0 heterocycles. The second-order valence-electron chi connectivity index (χ2n) is 4.50. The highest BCUT2D eigenvalue weighted by atomic mass is 28.1. The Balaban J connectivity index is 2.48. The average Bonchev–Trinajstić information content (AvgIpc) is 2.27. The van der Waals surface area contributed by atoms with Gasteiger partial charge in [0.2, 0.25) is 0 Å². The number of hydrogen-bond acceptors (Lipinski definition) is 0. The lowest BCUT2D eigenvalue weighted by atomic mass is 9.83. The van der Waals surface area contributed by atoms with Gasteiger partial charge in [-0.3, -0.25) is 0 Å². The summed E-state index contributed by atoms with van der Waals surface area (Å²) in [5.41, 5.74) is 2.09. The van der Waals surface area contributed by atoms with E-state index < -0.39 is 0 Å².